The lowest BCUT2D eigenvalue weighted by Crippen LogP contribution is -2.33. The maximum atomic E-state index is 12.2. The summed E-state index contributed by atoms with van der Waals surface area (Å²) in [6.45, 7) is 1.21. The Morgan fingerprint density at radius 3 is 2.76 bits per heavy atom. The molecule has 0 saturated heterocycles. The number of aliphatic hydroxyl groups excluding tert-OH is 1. The van der Waals surface area contributed by atoms with E-state index in [4.69, 9.17) is 5.11 Å². The van der Waals surface area contributed by atoms with E-state index in [1.54, 1.807) is 0 Å². The van der Waals surface area contributed by atoms with Crippen LogP contribution < -0.4 is 5.32 Å². The summed E-state index contributed by atoms with van der Waals surface area (Å²) in [4.78, 5) is 11.2. The number of aromatic nitrogens is 2. The fourth-order valence-corrected chi connectivity index (χ4v) is 1.07. The Balaban J connectivity index is 2.52. The molecule has 1 aromatic heterocycles. The Bertz CT molecular complexity index is 387. The molecule has 0 aliphatic rings. The molecule has 0 radical (unpaired) electrons. The number of rotatable bonds is 4. The van der Waals surface area contributed by atoms with Crippen molar-refractivity contribution in [3.05, 3.63) is 18.0 Å². The number of alkyl halides is 3. The molecule has 0 aliphatic carbocycles. The van der Waals surface area contributed by atoms with Crippen LogP contribution in [0.5, 0.6) is 0 Å². The van der Waals surface area contributed by atoms with Gasteiger partial charge in [0.15, 0.2) is 5.69 Å². The van der Waals surface area contributed by atoms with Gasteiger partial charge in [0.25, 0.3) is 0 Å². The van der Waals surface area contributed by atoms with E-state index in [-0.39, 0.29) is 13.1 Å². The number of amides is 1. The van der Waals surface area contributed by atoms with Crippen molar-refractivity contribution in [2.24, 2.45) is 0 Å². The van der Waals surface area contributed by atoms with Gasteiger partial charge in [-0.15, -0.1) is 0 Å². The molecule has 0 saturated carbocycles. The van der Waals surface area contributed by atoms with Gasteiger partial charge in [0, 0.05) is 12.7 Å². The van der Waals surface area contributed by atoms with Gasteiger partial charge in [-0.25, -0.2) is 0 Å². The molecule has 0 bridgehead atoms. The van der Waals surface area contributed by atoms with Crippen LogP contribution in [0.25, 0.3) is 0 Å². The molecule has 5 nitrogen and oxygen atoms in total. The van der Waals surface area contributed by atoms with E-state index in [1.807, 2.05) is 0 Å². The van der Waals surface area contributed by atoms with Crippen LogP contribution in [0, 0.1) is 0 Å². The first-order chi connectivity index (χ1) is 7.79. The van der Waals surface area contributed by atoms with E-state index in [0.29, 0.717) is 0 Å². The van der Waals surface area contributed by atoms with E-state index in [9.17, 15) is 18.0 Å². The number of hydrogen-bond donors (Lipinski definition) is 2. The molecule has 1 aromatic rings. The van der Waals surface area contributed by atoms with Crippen LogP contribution in [-0.2, 0) is 17.5 Å². The standard InChI is InChI=1S/C9H12F3N3O2/c1-6(16)4-13-8(17)5-15-3-2-7(14-15)9(10,11)12/h2-3,6,16H,4-5H2,1H3,(H,13,17)/t6-/m0/s1. The van der Waals surface area contributed by atoms with Crippen molar-refractivity contribution in [1.29, 1.82) is 0 Å². The third kappa shape index (κ3) is 4.43. The minimum absolute atomic E-state index is 0.0478. The first-order valence-corrected chi connectivity index (χ1v) is 4.84. The molecule has 2 N–H and O–H groups in total. The molecular formula is C9H12F3N3O2. The zero-order valence-electron chi connectivity index (χ0n) is 9.03. The van der Waals surface area contributed by atoms with Crippen molar-refractivity contribution in [2.45, 2.75) is 25.7 Å². The minimum atomic E-state index is -4.51. The molecule has 96 valence electrons. The second kappa shape index (κ2) is 5.17. The Kier molecular flexibility index (Phi) is 4.11. The average Bonchev–Trinajstić information content (AvgIpc) is 2.62. The van der Waals surface area contributed by atoms with Crippen LogP contribution in [0.2, 0.25) is 0 Å². The molecule has 8 heteroatoms. The van der Waals surface area contributed by atoms with Gasteiger partial charge in [0.2, 0.25) is 5.91 Å². The smallest absolute Gasteiger partial charge is 0.392 e. The second-order valence-corrected chi connectivity index (χ2v) is 3.55. The zero-order chi connectivity index (χ0) is 13.1. The number of nitrogens with zero attached hydrogens (tertiary/aromatic N) is 2. The van der Waals surface area contributed by atoms with Crippen molar-refractivity contribution < 1.29 is 23.1 Å². The van der Waals surface area contributed by atoms with Crippen LogP contribution in [0.3, 0.4) is 0 Å². The Labute approximate surface area is 95.2 Å². The number of halogens is 3. The molecule has 17 heavy (non-hydrogen) atoms. The summed E-state index contributed by atoms with van der Waals surface area (Å²) in [5.41, 5.74) is -1.04. The Hall–Kier alpha value is -1.57. The lowest BCUT2D eigenvalue weighted by Gasteiger charge is -2.07. The molecule has 0 aliphatic heterocycles. The van der Waals surface area contributed by atoms with E-state index < -0.39 is 23.9 Å². The topological polar surface area (TPSA) is 67.2 Å². The number of nitrogens with one attached hydrogen (secondary N) is 1. The monoisotopic (exact) mass is 251 g/mol. The second-order valence-electron chi connectivity index (χ2n) is 3.55. The van der Waals surface area contributed by atoms with Crippen molar-refractivity contribution in [3.8, 4) is 0 Å². The third-order valence-corrected chi connectivity index (χ3v) is 1.83. The van der Waals surface area contributed by atoms with Crippen LogP contribution in [0.1, 0.15) is 12.6 Å². The van der Waals surface area contributed by atoms with Crippen LogP contribution in [0.4, 0.5) is 13.2 Å². The molecule has 0 fully saturated rings. The summed E-state index contributed by atoms with van der Waals surface area (Å²) in [6.07, 6.45) is -4.14. The number of aliphatic hydroxyl groups is 1. The van der Waals surface area contributed by atoms with E-state index >= 15 is 0 Å². The molecule has 1 amide bonds. The molecule has 1 heterocycles. The lowest BCUT2D eigenvalue weighted by atomic mass is 10.4. The van der Waals surface area contributed by atoms with Gasteiger partial charge in [-0.05, 0) is 13.0 Å². The predicted molar refractivity (Wildman–Crippen MR) is 51.9 cm³/mol. The third-order valence-electron chi connectivity index (χ3n) is 1.83. The summed E-state index contributed by atoms with van der Waals surface area (Å²) < 4.78 is 37.4. The quantitative estimate of drug-likeness (QED) is 0.814. The Morgan fingerprint density at radius 2 is 2.29 bits per heavy atom. The van der Waals surface area contributed by atoms with Gasteiger partial charge >= 0.3 is 6.18 Å². The summed E-state index contributed by atoms with van der Waals surface area (Å²) in [7, 11) is 0. The summed E-state index contributed by atoms with van der Waals surface area (Å²) in [6, 6.07) is 0.794. The molecule has 1 atom stereocenters. The van der Waals surface area contributed by atoms with Crippen LogP contribution in [0.15, 0.2) is 12.3 Å². The molecule has 1 rings (SSSR count). The lowest BCUT2D eigenvalue weighted by molar-refractivity contribution is -0.141. The highest BCUT2D eigenvalue weighted by Crippen LogP contribution is 2.27. The average molecular weight is 251 g/mol. The normalized spacial score (nSPS) is 13.5. The van der Waals surface area contributed by atoms with Crippen molar-refractivity contribution >= 4 is 5.91 Å². The van der Waals surface area contributed by atoms with Crippen molar-refractivity contribution in [1.82, 2.24) is 15.1 Å². The predicted octanol–water partition coefficient (Wildman–Crippen LogP) is 0.399. The largest absolute Gasteiger partial charge is 0.435 e. The van der Waals surface area contributed by atoms with Gasteiger partial charge < -0.3 is 10.4 Å². The van der Waals surface area contributed by atoms with Gasteiger partial charge in [-0.1, -0.05) is 0 Å². The summed E-state index contributed by atoms with van der Waals surface area (Å²) in [5.74, 6) is -0.511. The number of carbonyl (C=O) groups is 1. The maximum Gasteiger partial charge on any atom is 0.435 e. The minimum Gasteiger partial charge on any atom is -0.392 e. The van der Waals surface area contributed by atoms with Gasteiger partial charge in [0.1, 0.15) is 6.54 Å². The first kappa shape index (κ1) is 13.5. The van der Waals surface area contributed by atoms with E-state index in [2.05, 4.69) is 10.4 Å². The number of carbonyl (C=O) groups excluding carboxylic acids is 1. The van der Waals surface area contributed by atoms with Gasteiger partial charge in [-0.3, -0.25) is 9.48 Å². The SMILES string of the molecule is C[C@H](O)CNC(=O)Cn1ccc(C(F)(F)F)n1. The number of hydrogen-bond acceptors (Lipinski definition) is 3. The van der Waals surface area contributed by atoms with Gasteiger partial charge in [-0.2, -0.15) is 18.3 Å². The highest BCUT2D eigenvalue weighted by Gasteiger charge is 2.33. The summed E-state index contributed by atoms with van der Waals surface area (Å²) in [5, 5.41) is 14.5. The highest BCUT2D eigenvalue weighted by molar-refractivity contribution is 5.75. The maximum absolute atomic E-state index is 12.2. The summed E-state index contributed by atoms with van der Waals surface area (Å²) >= 11 is 0. The van der Waals surface area contributed by atoms with E-state index in [0.717, 1.165) is 16.9 Å². The first-order valence-electron chi connectivity index (χ1n) is 4.84. The molecule has 0 unspecified atom stereocenters. The highest BCUT2D eigenvalue weighted by atomic mass is 19.4. The molecule has 0 aromatic carbocycles. The van der Waals surface area contributed by atoms with Gasteiger partial charge in [0.05, 0.1) is 6.10 Å². The van der Waals surface area contributed by atoms with Crippen molar-refractivity contribution in [3.63, 3.8) is 0 Å². The Morgan fingerprint density at radius 1 is 1.65 bits per heavy atom. The fourth-order valence-electron chi connectivity index (χ4n) is 1.07. The molecular weight excluding hydrogens is 239 g/mol. The van der Waals surface area contributed by atoms with Crippen molar-refractivity contribution in [2.75, 3.05) is 6.54 Å². The zero-order valence-corrected chi connectivity index (χ0v) is 9.03. The fraction of sp³-hybridized carbons (Fsp3) is 0.556. The van der Waals surface area contributed by atoms with E-state index in [1.165, 1.54) is 6.92 Å². The van der Waals surface area contributed by atoms with Crippen LogP contribution >= 0.6 is 0 Å². The molecule has 0 spiro atoms. The van der Waals surface area contributed by atoms with Crippen LogP contribution in [-0.4, -0.2) is 33.4 Å².